The summed E-state index contributed by atoms with van der Waals surface area (Å²) >= 11 is 0. The third-order valence-electron chi connectivity index (χ3n) is 2.31. The average molecular weight is 255 g/mol. The zero-order valence-corrected chi connectivity index (χ0v) is 11.0. The molecule has 18 heavy (non-hydrogen) atoms. The van der Waals surface area contributed by atoms with E-state index in [0.29, 0.717) is 26.2 Å². The SMILES string of the molecule is COCCCNC(=O)CNCCc1ncn(C)n1. The van der Waals surface area contributed by atoms with Gasteiger partial charge in [-0.15, -0.1) is 0 Å². The quantitative estimate of drug-likeness (QED) is 0.559. The van der Waals surface area contributed by atoms with E-state index < -0.39 is 0 Å². The number of amides is 1. The first-order valence-electron chi connectivity index (χ1n) is 6.03. The van der Waals surface area contributed by atoms with Gasteiger partial charge in [0.1, 0.15) is 6.33 Å². The summed E-state index contributed by atoms with van der Waals surface area (Å²) in [5.74, 6) is 0.783. The number of rotatable bonds is 9. The highest BCUT2D eigenvalue weighted by atomic mass is 16.5. The van der Waals surface area contributed by atoms with E-state index in [1.165, 1.54) is 0 Å². The summed E-state index contributed by atoms with van der Waals surface area (Å²) in [4.78, 5) is 15.5. The molecule has 2 N–H and O–H groups in total. The van der Waals surface area contributed by atoms with Crippen LogP contribution in [0.5, 0.6) is 0 Å². The Kier molecular flexibility index (Phi) is 6.97. The molecule has 1 heterocycles. The van der Waals surface area contributed by atoms with Crippen LogP contribution in [0, 0.1) is 0 Å². The number of ether oxygens (including phenoxy) is 1. The average Bonchev–Trinajstić information content (AvgIpc) is 2.76. The topological polar surface area (TPSA) is 81.1 Å². The van der Waals surface area contributed by atoms with Crippen LogP contribution in [0.15, 0.2) is 6.33 Å². The maximum atomic E-state index is 11.4. The number of hydrogen-bond donors (Lipinski definition) is 2. The molecule has 0 aliphatic rings. The predicted molar refractivity (Wildman–Crippen MR) is 67.1 cm³/mol. The van der Waals surface area contributed by atoms with Crippen LogP contribution in [-0.4, -0.2) is 54.0 Å². The molecule has 0 bridgehead atoms. The number of carbonyl (C=O) groups excluding carboxylic acids is 1. The summed E-state index contributed by atoms with van der Waals surface area (Å²) in [5, 5.41) is 10.0. The molecule has 0 spiro atoms. The van der Waals surface area contributed by atoms with Crippen LogP contribution in [0.2, 0.25) is 0 Å². The van der Waals surface area contributed by atoms with Gasteiger partial charge in [0.25, 0.3) is 0 Å². The molecule has 1 aromatic heterocycles. The Morgan fingerprint density at radius 3 is 3.00 bits per heavy atom. The molecule has 0 radical (unpaired) electrons. The van der Waals surface area contributed by atoms with E-state index in [9.17, 15) is 4.79 Å². The largest absolute Gasteiger partial charge is 0.385 e. The Hall–Kier alpha value is -1.47. The maximum absolute atomic E-state index is 11.4. The molecule has 0 saturated heterocycles. The number of hydrogen-bond acceptors (Lipinski definition) is 5. The molecule has 0 atom stereocenters. The summed E-state index contributed by atoms with van der Waals surface area (Å²) in [6, 6.07) is 0. The summed E-state index contributed by atoms with van der Waals surface area (Å²) in [6.07, 6.45) is 3.22. The van der Waals surface area contributed by atoms with Crippen LogP contribution in [0.4, 0.5) is 0 Å². The Bertz CT molecular complexity index is 353. The smallest absolute Gasteiger partial charge is 0.233 e. The van der Waals surface area contributed by atoms with Crippen LogP contribution in [0.1, 0.15) is 12.2 Å². The molecular weight excluding hydrogens is 234 g/mol. The monoisotopic (exact) mass is 255 g/mol. The van der Waals surface area contributed by atoms with E-state index >= 15 is 0 Å². The first-order chi connectivity index (χ1) is 8.72. The molecule has 0 fully saturated rings. The maximum Gasteiger partial charge on any atom is 0.233 e. The number of nitrogens with zero attached hydrogens (tertiary/aromatic N) is 3. The Balaban J connectivity index is 1.98. The second-order valence-electron chi connectivity index (χ2n) is 3.96. The van der Waals surface area contributed by atoms with E-state index in [0.717, 1.165) is 18.7 Å². The standard InChI is InChI=1S/C11H21N5O2/c1-16-9-14-10(15-16)4-6-12-8-11(17)13-5-3-7-18-2/h9,12H,3-8H2,1-2H3,(H,13,17). The molecule has 7 nitrogen and oxygen atoms in total. The molecule has 7 heteroatoms. The minimum atomic E-state index is 0.0000770. The van der Waals surface area contributed by atoms with Crippen molar-refractivity contribution < 1.29 is 9.53 Å². The minimum Gasteiger partial charge on any atom is -0.385 e. The van der Waals surface area contributed by atoms with Gasteiger partial charge in [0.05, 0.1) is 6.54 Å². The summed E-state index contributed by atoms with van der Waals surface area (Å²) in [7, 11) is 3.48. The Morgan fingerprint density at radius 2 is 2.33 bits per heavy atom. The van der Waals surface area contributed by atoms with Crippen LogP contribution in [0.3, 0.4) is 0 Å². The molecular formula is C11H21N5O2. The van der Waals surface area contributed by atoms with Crippen LogP contribution < -0.4 is 10.6 Å². The van der Waals surface area contributed by atoms with Crippen molar-refractivity contribution >= 4 is 5.91 Å². The molecule has 1 aromatic rings. The van der Waals surface area contributed by atoms with Crippen molar-refractivity contribution in [2.45, 2.75) is 12.8 Å². The fourth-order valence-corrected chi connectivity index (χ4v) is 1.41. The number of aromatic nitrogens is 3. The first-order valence-corrected chi connectivity index (χ1v) is 6.03. The molecule has 0 unspecified atom stereocenters. The second kappa shape index (κ2) is 8.60. The highest BCUT2D eigenvalue weighted by Crippen LogP contribution is 1.87. The molecule has 0 aliphatic heterocycles. The molecule has 1 rings (SSSR count). The number of nitrogens with one attached hydrogen (secondary N) is 2. The summed E-state index contributed by atoms with van der Waals surface area (Å²) in [5.41, 5.74) is 0. The fourth-order valence-electron chi connectivity index (χ4n) is 1.41. The lowest BCUT2D eigenvalue weighted by molar-refractivity contribution is -0.120. The van der Waals surface area contributed by atoms with Crippen molar-refractivity contribution in [1.82, 2.24) is 25.4 Å². The van der Waals surface area contributed by atoms with E-state index in [4.69, 9.17) is 4.74 Å². The van der Waals surface area contributed by atoms with Gasteiger partial charge in [-0.05, 0) is 6.42 Å². The van der Waals surface area contributed by atoms with Gasteiger partial charge >= 0.3 is 0 Å². The van der Waals surface area contributed by atoms with E-state index in [-0.39, 0.29) is 5.91 Å². The van der Waals surface area contributed by atoms with Gasteiger partial charge in [-0.2, -0.15) is 5.10 Å². The lowest BCUT2D eigenvalue weighted by Crippen LogP contribution is -2.35. The third kappa shape index (κ3) is 6.31. The van der Waals surface area contributed by atoms with Crippen molar-refractivity contribution in [3.05, 3.63) is 12.2 Å². The van der Waals surface area contributed by atoms with Crippen LogP contribution in [-0.2, 0) is 23.0 Å². The van der Waals surface area contributed by atoms with Crippen molar-refractivity contribution in [2.75, 3.05) is 33.4 Å². The Labute approximate surface area is 107 Å². The normalized spacial score (nSPS) is 10.6. The number of methoxy groups -OCH3 is 1. The highest BCUT2D eigenvalue weighted by Gasteiger charge is 2.01. The number of aryl methyl sites for hydroxylation is 1. The summed E-state index contributed by atoms with van der Waals surface area (Å²) < 4.78 is 6.55. The second-order valence-corrected chi connectivity index (χ2v) is 3.96. The van der Waals surface area contributed by atoms with Gasteiger partial charge in [0.15, 0.2) is 5.82 Å². The van der Waals surface area contributed by atoms with Gasteiger partial charge in [-0.3, -0.25) is 9.48 Å². The van der Waals surface area contributed by atoms with Crippen molar-refractivity contribution in [2.24, 2.45) is 7.05 Å². The van der Waals surface area contributed by atoms with Gasteiger partial charge in [0.2, 0.25) is 5.91 Å². The zero-order chi connectivity index (χ0) is 13.2. The molecule has 0 saturated carbocycles. The highest BCUT2D eigenvalue weighted by molar-refractivity contribution is 5.77. The van der Waals surface area contributed by atoms with E-state index in [1.54, 1.807) is 18.1 Å². The number of carbonyl (C=O) groups is 1. The predicted octanol–water partition coefficient (Wildman–Crippen LogP) is -0.900. The van der Waals surface area contributed by atoms with Gasteiger partial charge in [-0.25, -0.2) is 4.98 Å². The first kappa shape index (κ1) is 14.6. The Morgan fingerprint density at radius 1 is 1.50 bits per heavy atom. The zero-order valence-electron chi connectivity index (χ0n) is 11.0. The third-order valence-corrected chi connectivity index (χ3v) is 2.31. The lowest BCUT2D eigenvalue weighted by Gasteiger charge is -2.05. The van der Waals surface area contributed by atoms with Crippen LogP contribution >= 0.6 is 0 Å². The van der Waals surface area contributed by atoms with Crippen molar-refractivity contribution in [1.29, 1.82) is 0 Å². The summed E-state index contributed by atoms with van der Waals surface area (Å²) in [6.45, 7) is 2.32. The molecule has 0 aromatic carbocycles. The van der Waals surface area contributed by atoms with Gasteiger partial charge in [0, 0.05) is 40.3 Å². The van der Waals surface area contributed by atoms with Crippen LogP contribution in [0.25, 0.3) is 0 Å². The van der Waals surface area contributed by atoms with Gasteiger partial charge in [-0.1, -0.05) is 0 Å². The van der Waals surface area contributed by atoms with Crippen molar-refractivity contribution in [3.63, 3.8) is 0 Å². The lowest BCUT2D eigenvalue weighted by atomic mass is 10.4. The minimum absolute atomic E-state index is 0.0000770. The molecule has 0 aliphatic carbocycles. The fraction of sp³-hybridized carbons (Fsp3) is 0.727. The molecule has 1 amide bonds. The molecule has 102 valence electrons. The van der Waals surface area contributed by atoms with Crippen molar-refractivity contribution in [3.8, 4) is 0 Å². The van der Waals surface area contributed by atoms with Gasteiger partial charge < -0.3 is 15.4 Å². The van der Waals surface area contributed by atoms with E-state index in [1.807, 2.05) is 7.05 Å². The van der Waals surface area contributed by atoms with E-state index in [2.05, 4.69) is 20.7 Å².